The Morgan fingerprint density at radius 2 is 2.08 bits per heavy atom. The number of hydrogen-bond donors (Lipinski definition) is 2. The number of aromatic nitrogens is 1. The zero-order valence-electron chi connectivity index (χ0n) is 14.4. The van der Waals surface area contributed by atoms with Crippen molar-refractivity contribution in [1.29, 1.82) is 0 Å². The van der Waals surface area contributed by atoms with Gasteiger partial charge in [0.05, 0.1) is 5.69 Å². The summed E-state index contributed by atoms with van der Waals surface area (Å²) in [6.45, 7) is 2.12. The second kappa shape index (κ2) is 8.62. The number of halogens is 1. The summed E-state index contributed by atoms with van der Waals surface area (Å²) in [6, 6.07) is 14.6. The molecule has 6 heteroatoms. The molecule has 4 rings (SSSR count). The van der Waals surface area contributed by atoms with Crippen LogP contribution in [-0.2, 0) is 4.79 Å². The van der Waals surface area contributed by atoms with Crippen LogP contribution in [0.1, 0.15) is 19.3 Å². The van der Waals surface area contributed by atoms with Gasteiger partial charge in [0.15, 0.2) is 5.13 Å². The summed E-state index contributed by atoms with van der Waals surface area (Å²) in [5, 5.41) is 11.4. The van der Waals surface area contributed by atoms with Crippen LogP contribution in [0, 0.1) is 5.92 Å². The molecule has 0 spiro atoms. The van der Waals surface area contributed by atoms with Gasteiger partial charge in [-0.3, -0.25) is 4.79 Å². The molecule has 2 N–H and O–H groups in total. The summed E-state index contributed by atoms with van der Waals surface area (Å²) in [6.07, 6.45) is 2.69. The molecule has 0 saturated carbocycles. The molecular formula is C20H22ClN3OS. The summed E-state index contributed by atoms with van der Waals surface area (Å²) in [5.74, 6) is 0.696. The number of nitrogens with zero attached hydrogens (tertiary/aromatic N) is 1. The van der Waals surface area contributed by atoms with E-state index >= 15 is 0 Å². The smallest absolute Gasteiger partial charge is 0.226 e. The zero-order valence-corrected chi connectivity index (χ0v) is 16.0. The van der Waals surface area contributed by atoms with Crippen LogP contribution in [0.15, 0.2) is 47.8 Å². The van der Waals surface area contributed by atoms with E-state index in [1.54, 1.807) is 0 Å². The first-order valence-electron chi connectivity index (χ1n) is 8.73. The SMILES string of the molecule is Cl.O=C(CCC1CCNC1)Nc1nc(-c2ccc3ccccc3c2)cs1. The van der Waals surface area contributed by atoms with Gasteiger partial charge in [0, 0.05) is 17.4 Å². The lowest BCUT2D eigenvalue weighted by molar-refractivity contribution is -0.116. The first kappa shape index (κ1) is 18.8. The minimum absolute atomic E-state index is 0. The third-order valence-corrected chi connectivity index (χ3v) is 5.50. The quantitative estimate of drug-likeness (QED) is 0.666. The molecule has 26 heavy (non-hydrogen) atoms. The molecule has 2 heterocycles. The van der Waals surface area contributed by atoms with Gasteiger partial charge in [-0.15, -0.1) is 23.7 Å². The van der Waals surface area contributed by atoms with E-state index in [1.807, 2.05) is 17.5 Å². The highest BCUT2D eigenvalue weighted by Gasteiger charge is 2.16. The maximum atomic E-state index is 12.1. The lowest BCUT2D eigenvalue weighted by Gasteiger charge is -2.07. The third kappa shape index (κ3) is 4.41. The molecule has 0 aliphatic carbocycles. The van der Waals surface area contributed by atoms with Crippen LogP contribution in [0.4, 0.5) is 5.13 Å². The van der Waals surface area contributed by atoms with E-state index in [9.17, 15) is 4.79 Å². The number of fused-ring (bicyclic) bond motifs is 1. The van der Waals surface area contributed by atoms with Crippen LogP contribution in [0.2, 0.25) is 0 Å². The number of carbonyl (C=O) groups is 1. The Hall–Kier alpha value is -1.95. The topological polar surface area (TPSA) is 54.0 Å². The van der Waals surface area contributed by atoms with Crippen molar-refractivity contribution < 1.29 is 4.79 Å². The highest BCUT2D eigenvalue weighted by molar-refractivity contribution is 7.14. The molecular weight excluding hydrogens is 366 g/mol. The van der Waals surface area contributed by atoms with E-state index in [0.717, 1.165) is 30.8 Å². The molecule has 1 aromatic heterocycles. The Morgan fingerprint density at radius 3 is 2.88 bits per heavy atom. The van der Waals surface area contributed by atoms with Crippen molar-refractivity contribution in [2.45, 2.75) is 19.3 Å². The molecule has 1 unspecified atom stereocenters. The monoisotopic (exact) mass is 387 g/mol. The number of anilines is 1. The van der Waals surface area contributed by atoms with Gasteiger partial charge in [0.1, 0.15) is 0 Å². The van der Waals surface area contributed by atoms with Gasteiger partial charge >= 0.3 is 0 Å². The maximum absolute atomic E-state index is 12.1. The van der Waals surface area contributed by atoms with Crippen LogP contribution in [0.5, 0.6) is 0 Å². The Labute approximate surface area is 163 Å². The minimum Gasteiger partial charge on any atom is -0.316 e. The van der Waals surface area contributed by atoms with Gasteiger partial charge in [0.2, 0.25) is 5.91 Å². The van der Waals surface area contributed by atoms with Crippen LogP contribution < -0.4 is 10.6 Å². The van der Waals surface area contributed by atoms with Crippen molar-refractivity contribution in [3.05, 3.63) is 47.8 Å². The highest BCUT2D eigenvalue weighted by Crippen LogP contribution is 2.28. The lowest BCUT2D eigenvalue weighted by atomic mass is 10.0. The molecule has 136 valence electrons. The summed E-state index contributed by atoms with van der Waals surface area (Å²) in [5.41, 5.74) is 1.98. The number of rotatable bonds is 5. The molecule has 1 saturated heterocycles. The summed E-state index contributed by atoms with van der Waals surface area (Å²) >= 11 is 1.48. The van der Waals surface area contributed by atoms with Gasteiger partial charge in [-0.05, 0) is 48.7 Å². The predicted molar refractivity (Wildman–Crippen MR) is 111 cm³/mol. The van der Waals surface area contributed by atoms with E-state index < -0.39 is 0 Å². The highest BCUT2D eigenvalue weighted by atomic mass is 35.5. The average molecular weight is 388 g/mol. The fourth-order valence-corrected chi connectivity index (χ4v) is 4.03. The first-order valence-corrected chi connectivity index (χ1v) is 9.61. The van der Waals surface area contributed by atoms with E-state index in [1.165, 1.54) is 28.5 Å². The fraction of sp³-hybridized carbons (Fsp3) is 0.300. The van der Waals surface area contributed by atoms with E-state index in [-0.39, 0.29) is 18.3 Å². The Kier molecular flexibility index (Phi) is 6.25. The predicted octanol–water partition coefficient (Wildman–Crippen LogP) is 4.71. The van der Waals surface area contributed by atoms with Gasteiger partial charge in [-0.25, -0.2) is 4.98 Å². The van der Waals surface area contributed by atoms with E-state index in [0.29, 0.717) is 17.5 Å². The summed E-state index contributed by atoms with van der Waals surface area (Å²) in [4.78, 5) is 16.7. The molecule has 2 aromatic carbocycles. The van der Waals surface area contributed by atoms with Crippen molar-refractivity contribution in [1.82, 2.24) is 10.3 Å². The van der Waals surface area contributed by atoms with Gasteiger partial charge in [-0.2, -0.15) is 0 Å². The number of benzene rings is 2. The second-order valence-electron chi connectivity index (χ2n) is 6.55. The molecule has 1 atom stereocenters. The van der Waals surface area contributed by atoms with E-state index in [2.05, 4.69) is 45.9 Å². The number of hydrogen-bond acceptors (Lipinski definition) is 4. The van der Waals surface area contributed by atoms with Gasteiger partial charge in [0.25, 0.3) is 0 Å². The molecule has 1 aliphatic heterocycles. The molecule has 3 aromatic rings. The van der Waals surface area contributed by atoms with Crippen molar-refractivity contribution in [3.8, 4) is 11.3 Å². The Balaban J connectivity index is 0.00000196. The van der Waals surface area contributed by atoms with Crippen molar-refractivity contribution in [2.24, 2.45) is 5.92 Å². The maximum Gasteiger partial charge on any atom is 0.226 e. The Bertz CT molecular complexity index is 889. The molecule has 1 amide bonds. The zero-order chi connectivity index (χ0) is 17.1. The normalized spacial score (nSPS) is 16.4. The van der Waals surface area contributed by atoms with Crippen LogP contribution in [-0.4, -0.2) is 24.0 Å². The van der Waals surface area contributed by atoms with Crippen LogP contribution in [0.25, 0.3) is 22.0 Å². The van der Waals surface area contributed by atoms with Crippen molar-refractivity contribution in [3.63, 3.8) is 0 Å². The van der Waals surface area contributed by atoms with E-state index in [4.69, 9.17) is 0 Å². The number of carbonyl (C=O) groups excluding carboxylic acids is 1. The Morgan fingerprint density at radius 1 is 1.23 bits per heavy atom. The molecule has 0 radical (unpaired) electrons. The second-order valence-corrected chi connectivity index (χ2v) is 7.40. The van der Waals surface area contributed by atoms with Crippen LogP contribution >= 0.6 is 23.7 Å². The molecule has 4 nitrogen and oxygen atoms in total. The first-order chi connectivity index (χ1) is 12.3. The van der Waals surface area contributed by atoms with Gasteiger partial charge in [-0.1, -0.05) is 36.4 Å². The standard InChI is InChI=1S/C20H21N3OS.ClH/c24-19(8-5-14-9-10-21-12-14)23-20-22-18(13-25-20)17-7-6-15-3-1-2-4-16(15)11-17;/h1-4,6-7,11,13-14,21H,5,8-10,12H2,(H,22,23,24);1H. The summed E-state index contributed by atoms with van der Waals surface area (Å²) in [7, 11) is 0. The number of nitrogens with one attached hydrogen (secondary N) is 2. The minimum atomic E-state index is 0. The fourth-order valence-electron chi connectivity index (χ4n) is 3.29. The molecule has 0 bridgehead atoms. The number of thiazole rings is 1. The molecule has 1 aliphatic rings. The third-order valence-electron chi connectivity index (χ3n) is 4.74. The van der Waals surface area contributed by atoms with Crippen molar-refractivity contribution >= 4 is 45.6 Å². The molecule has 1 fully saturated rings. The van der Waals surface area contributed by atoms with Crippen molar-refractivity contribution in [2.75, 3.05) is 18.4 Å². The van der Waals surface area contributed by atoms with Gasteiger partial charge < -0.3 is 10.6 Å². The average Bonchev–Trinajstić information content (AvgIpc) is 3.31. The largest absolute Gasteiger partial charge is 0.316 e. The number of amides is 1. The lowest BCUT2D eigenvalue weighted by Crippen LogP contribution is -2.14. The summed E-state index contributed by atoms with van der Waals surface area (Å²) < 4.78 is 0. The van der Waals surface area contributed by atoms with Crippen LogP contribution in [0.3, 0.4) is 0 Å².